The van der Waals surface area contributed by atoms with Crippen molar-refractivity contribution in [3.05, 3.63) is 12.2 Å². The number of hydrogen-bond donors (Lipinski definition) is 0. The molecule has 1 atom stereocenters. The Bertz CT molecular complexity index is 140. The lowest BCUT2D eigenvalue weighted by Gasteiger charge is -2.23. The second-order valence-electron chi connectivity index (χ2n) is 3.07. The number of hydrogen-bond acceptors (Lipinski definition) is 2. The van der Waals surface area contributed by atoms with Crippen LogP contribution < -0.4 is 0 Å². The van der Waals surface area contributed by atoms with Gasteiger partial charge in [0.25, 0.3) is 0 Å². The van der Waals surface area contributed by atoms with Gasteiger partial charge in [0.15, 0.2) is 0 Å². The van der Waals surface area contributed by atoms with Crippen LogP contribution in [0.25, 0.3) is 0 Å². The molecular weight excluding hydrogens is 138 g/mol. The van der Waals surface area contributed by atoms with Crippen molar-refractivity contribution in [3.8, 4) is 0 Å². The minimum Gasteiger partial charge on any atom is -0.303 e. The number of nitrogens with zero attached hydrogens (tertiary/aromatic N) is 1. The van der Waals surface area contributed by atoms with Crippen LogP contribution in [0.5, 0.6) is 0 Å². The van der Waals surface area contributed by atoms with Gasteiger partial charge in [-0.2, -0.15) is 0 Å². The van der Waals surface area contributed by atoms with E-state index in [0.29, 0.717) is 12.5 Å². The molecule has 0 aromatic heterocycles. The molecule has 0 amide bonds. The zero-order valence-electron chi connectivity index (χ0n) is 7.63. The van der Waals surface area contributed by atoms with E-state index < -0.39 is 0 Å². The Kier molecular flexibility index (Phi) is 4.79. The SMILES string of the molecule is C=C(C)[C@H](CCC=O)N(C)C. The molecule has 0 N–H and O–H groups in total. The van der Waals surface area contributed by atoms with Crippen LogP contribution in [0, 0.1) is 0 Å². The molecule has 2 heteroatoms. The number of carbonyl (C=O) groups excluding carboxylic acids is 1. The average molecular weight is 155 g/mol. The van der Waals surface area contributed by atoms with Gasteiger partial charge in [-0.25, -0.2) is 0 Å². The van der Waals surface area contributed by atoms with Gasteiger partial charge in [-0.1, -0.05) is 12.2 Å². The molecule has 0 heterocycles. The van der Waals surface area contributed by atoms with Crippen molar-refractivity contribution in [1.82, 2.24) is 4.90 Å². The average Bonchev–Trinajstić information content (AvgIpc) is 1.87. The van der Waals surface area contributed by atoms with Crippen molar-refractivity contribution in [2.24, 2.45) is 0 Å². The first kappa shape index (κ1) is 10.4. The molecule has 0 aromatic carbocycles. The third-order valence-electron chi connectivity index (χ3n) is 1.75. The second kappa shape index (κ2) is 5.08. The molecule has 0 aliphatic heterocycles. The molecule has 0 aromatic rings. The fourth-order valence-corrected chi connectivity index (χ4v) is 1.17. The lowest BCUT2D eigenvalue weighted by atomic mass is 10.0. The monoisotopic (exact) mass is 155 g/mol. The molecule has 0 radical (unpaired) electrons. The van der Waals surface area contributed by atoms with Crippen molar-refractivity contribution in [3.63, 3.8) is 0 Å². The predicted octanol–water partition coefficient (Wildman–Crippen LogP) is 1.47. The maximum atomic E-state index is 10.1. The first-order valence-corrected chi connectivity index (χ1v) is 3.85. The highest BCUT2D eigenvalue weighted by molar-refractivity contribution is 5.49. The predicted molar refractivity (Wildman–Crippen MR) is 47.6 cm³/mol. The van der Waals surface area contributed by atoms with Gasteiger partial charge in [0.1, 0.15) is 6.29 Å². The van der Waals surface area contributed by atoms with E-state index in [-0.39, 0.29) is 0 Å². The molecule has 0 saturated heterocycles. The zero-order chi connectivity index (χ0) is 8.85. The minimum atomic E-state index is 0.347. The molecule has 0 fully saturated rings. The summed E-state index contributed by atoms with van der Waals surface area (Å²) in [6.45, 7) is 5.87. The molecule has 0 aliphatic carbocycles. The number of rotatable bonds is 5. The molecule has 0 saturated carbocycles. The van der Waals surface area contributed by atoms with Gasteiger partial charge in [-0.05, 0) is 27.4 Å². The van der Waals surface area contributed by atoms with Crippen LogP contribution in [0.2, 0.25) is 0 Å². The molecule has 0 aliphatic rings. The van der Waals surface area contributed by atoms with Gasteiger partial charge >= 0.3 is 0 Å². The molecule has 0 unspecified atom stereocenters. The van der Waals surface area contributed by atoms with Gasteiger partial charge in [-0.3, -0.25) is 0 Å². The van der Waals surface area contributed by atoms with E-state index in [9.17, 15) is 4.79 Å². The highest BCUT2D eigenvalue weighted by atomic mass is 16.1. The normalized spacial score (nSPS) is 13.1. The smallest absolute Gasteiger partial charge is 0.120 e. The van der Waals surface area contributed by atoms with Gasteiger partial charge in [0, 0.05) is 12.5 Å². The summed E-state index contributed by atoms with van der Waals surface area (Å²) in [6.07, 6.45) is 2.46. The molecule has 0 bridgehead atoms. The van der Waals surface area contributed by atoms with Crippen LogP contribution in [0.1, 0.15) is 19.8 Å². The number of aldehydes is 1. The van der Waals surface area contributed by atoms with Crippen LogP contribution >= 0.6 is 0 Å². The summed E-state index contributed by atoms with van der Waals surface area (Å²) in [5.41, 5.74) is 1.12. The molecule has 0 spiro atoms. The van der Waals surface area contributed by atoms with Crippen molar-refractivity contribution in [2.45, 2.75) is 25.8 Å². The Morgan fingerprint density at radius 1 is 1.64 bits per heavy atom. The number of likely N-dealkylation sites (N-methyl/N-ethyl adjacent to an activating group) is 1. The third kappa shape index (κ3) is 3.94. The van der Waals surface area contributed by atoms with E-state index in [1.54, 1.807) is 0 Å². The fourth-order valence-electron chi connectivity index (χ4n) is 1.17. The quantitative estimate of drug-likeness (QED) is 0.442. The topological polar surface area (TPSA) is 20.3 Å². The van der Waals surface area contributed by atoms with E-state index in [1.807, 2.05) is 21.0 Å². The van der Waals surface area contributed by atoms with Crippen LogP contribution in [0.15, 0.2) is 12.2 Å². The fraction of sp³-hybridized carbons (Fsp3) is 0.667. The van der Waals surface area contributed by atoms with Crippen LogP contribution in [-0.2, 0) is 4.79 Å². The Morgan fingerprint density at radius 2 is 2.18 bits per heavy atom. The van der Waals surface area contributed by atoms with Crippen molar-refractivity contribution in [1.29, 1.82) is 0 Å². The zero-order valence-corrected chi connectivity index (χ0v) is 7.63. The van der Waals surface area contributed by atoms with Gasteiger partial charge < -0.3 is 9.69 Å². The van der Waals surface area contributed by atoms with E-state index >= 15 is 0 Å². The Labute approximate surface area is 68.9 Å². The Morgan fingerprint density at radius 3 is 2.45 bits per heavy atom. The first-order chi connectivity index (χ1) is 5.09. The molecule has 64 valence electrons. The van der Waals surface area contributed by atoms with E-state index in [2.05, 4.69) is 11.5 Å². The standard InChI is InChI=1S/C9H17NO/c1-8(2)9(10(3)4)6-5-7-11/h7,9H,1,5-6H2,2-4H3/t9-/m0/s1. The van der Waals surface area contributed by atoms with Crippen LogP contribution in [-0.4, -0.2) is 31.3 Å². The largest absolute Gasteiger partial charge is 0.303 e. The maximum Gasteiger partial charge on any atom is 0.120 e. The highest BCUT2D eigenvalue weighted by Crippen LogP contribution is 2.10. The summed E-state index contributed by atoms with van der Waals surface area (Å²) in [7, 11) is 4.01. The van der Waals surface area contributed by atoms with Gasteiger partial charge in [0.2, 0.25) is 0 Å². The highest BCUT2D eigenvalue weighted by Gasteiger charge is 2.10. The van der Waals surface area contributed by atoms with E-state index in [4.69, 9.17) is 0 Å². The lowest BCUT2D eigenvalue weighted by Crippen LogP contribution is -2.28. The molecule has 0 rings (SSSR count). The molecule has 2 nitrogen and oxygen atoms in total. The van der Waals surface area contributed by atoms with Crippen molar-refractivity contribution >= 4 is 6.29 Å². The van der Waals surface area contributed by atoms with Crippen molar-refractivity contribution < 1.29 is 4.79 Å². The van der Waals surface area contributed by atoms with Crippen LogP contribution in [0.4, 0.5) is 0 Å². The Balaban J connectivity index is 3.89. The third-order valence-corrected chi connectivity index (χ3v) is 1.75. The first-order valence-electron chi connectivity index (χ1n) is 3.85. The van der Waals surface area contributed by atoms with Gasteiger partial charge in [-0.15, -0.1) is 0 Å². The Hall–Kier alpha value is -0.630. The summed E-state index contributed by atoms with van der Waals surface area (Å²) < 4.78 is 0. The molecule has 11 heavy (non-hydrogen) atoms. The second-order valence-corrected chi connectivity index (χ2v) is 3.07. The summed E-state index contributed by atoms with van der Waals surface area (Å²) in [5, 5.41) is 0. The summed E-state index contributed by atoms with van der Waals surface area (Å²) >= 11 is 0. The minimum absolute atomic E-state index is 0.347. The van der Waals surface area contributed by atoms with Crippen molar-refractivity contribution in [2.75, 3.05) is 14.1 Å². The summed E-state index contributed by atoms with van der Waals surface area (Å²) in [5.74, 6) is 0. The van der Waals surface area contributed by atoms with E-state index in [0.717, 1.165) is 18.3 Å². The van der Waals surface area contributed by atoms with Crippen LogP contribution in [0.3, 0.4) is 0 Å². The molecular formula is C9H17NO. The van der Waals surface area contributed by atoms with Gasteiger partial charge in [0.05, 0.1) is 0 Å². The lowest BCUT2D eigenvalue weighted by molar-refractivity contribution is -0.108. The number of carbonyl (C=O) groups is 1. The maximum absolute atomic E-state index is 10.1. The summed E-state index contributed by atoms with van der Waals surface area (Å²) in [6, 6.07) is 0.347. The summed E-state index contributed by atoms with van der Waals surface area (Å²) in [4.78, 5) is 12.2. The van der Waals surface area contributed by atoms with E-state index in [1.165, 1.54) is 0 Å².